The first-order valence-corrected chi connectivity index (χ1v) is 7.68. The SMILES string of the molecule is CCN(CC)S(=O)(=O)NCC(C)(C)CCCN. The zero-order chi connectivity index (χ0) is 13.5. The van der Waals surface area contributed by atoms with Crippen LogP contribution in [0.2, 0.25) is 0 Å². The Hall–Kier alpha value is -0.170. The van der Waals surface area contributed by atoms with Gasteiger partial charge in [0.1, 0.15) is 0 Å². The Morgan fingerprint density at radius 2 is 1.76 bits per heavy atom. The molecule has 0 aromatic rings. The maximum atomic E-state index is 11.9. The summed E-state index contributed by atoms with van der Waals surface area (Å²) in [5.74, 6) is 0. The normalized spacial score (nSPS) is 13.3. The van der Waals surface area contributed by atoms with E-state index < -0.39 is 10.2 Å². The van der Waals surface area contributed by atoms with E-state index in [0.717, 1.165) is 12.8 Å². The van der Waals surface area contributed by atoms with Crippen molar-refractivity contribution in [2.75, 3.05) is 26.2 Å². The number of hydrogen-bond acceptors (Lipinski definition) is 3. The van der Waals surface area contributed by atoms with Gasteiger partial charge >= 0.3 is 0 Å². The molecule has 0 fully saturated rings. The molecule has 6 heteroatoms. The zero-order valence-electron chi connectivity index (χ0n) is 11.5. The predicted octanol–water partition coefficient (Wildman–Crippen LogP) is 0.928. The fraction of sp³-hybridized carbons (Fsp3) is 1.00. The van der Waals surface area contributed by atoms with Crippen molar-refractivity contribution in [2.24, 2.45) is 11.1 Å². The van der Waals surface area contributed by atoms with Crippen molar-refractivity contribution < 1.29 is 8.42 Å². The van der Waals surface area contributed by atoms with Gasteiger partial charge in [0, 0.05) is 19.6 Å². The smallest absolute Gasteiger partial charge is 0.279 e. The molecule has 17 heavy (non-hydrogen) atoms. The first-order chi connectivity index (χ1) is 7.79. The Balaban J connectivity index is 4.35. The van der Waals surface area contributed by atoms with Gasteiger partial charge in [0.05, 0.1) is 0 Å². The average Bonchev–Trinajstić information content (AvgIpc) is 2.25. The van der Waals surface area contributed by atoms with Crippen molar-refractivity contribution in [3.8, 4) is 0 Å². The highest BCUT2D eigenvalue weighted by atomic mass is 32.2. The first kappa shape index (κ1) is 16.8. The lowest BCUT2D eigenvalue weighted by molar-refractivity contribution is 0.321. The molecule has 0 aromatic carbocycles. The van der Waals surface area contributed by atoms with Crippen molar-refractivity contribution in [2.45, 2.75) is 40.5 Å². The second kappa shape index (κ2) is 7.31. The Morgan fingerprint density at radius 1 is 1.24 bits per heavy atom. The van der Waals surface area contributed by atoms with Crippen LogP contribution in [0, 0.1) is 5.41 Å². The molecular weight excluding hydrogens is 238 g/mol. The summed E-state index contributed by atoms with van der Waals surface area (Å²) in [6, 6.07) is 0. The second-order valence-electron chi connectivity index (χ2n) is 4.97. The molecule has 5 nitrogen and oxygen atoms in total. The quantitative estimate of drug-likeness (QED) is 0.651. The van der Waals surface area contributed by atoms with E-state index in [-0.39, 0.29) is 5.41 Å². The van der Waals surface area contributed by atoms with Gasteiger partial charge in [-0.2, -0.15) is 12.7 Å². The highest BCUT2D eigenvalue weighted by Gasteiger charge is 2.23. The second-order valence-corrected chi connectivity index (χ2v) is 6.72. The maximum absolute atomic E-state index is 11.9. The summed E-state index contributed by atoms with van der Waals surface area (Å²) in [6.45, 7) is 9.85. The van der Waals surface area contributed by atoms with Crippen LogP contribution < -0.4 is 10.5 Å². The zero-order valence-corrected chi connectivity index (χ0v) is 12.3. The molecule has 0 saturated heterocycles. The molecule has 0 aliphatic heterocycles. The van der Waals surface area contributed by atoms with Crippen LogP contribution in [0.3, 0.4) is 0 Å². The summed E-state index contributed by atoms with van der Waals surface area (Å²) in [5.41, 5.74) is 5.41. The topological polar surface area (TPSA) is 75.4 Å². The van der Waals surface area contributed by atoms with Crippen LogP contribution in [0.4, 0.5) is 0 Å². The van der Waals surface area contributed by atoms with Crippen molar-refractivity contribution in [3.63, 3.8) is 0 Å². The van der Waals surface area contributed by atoms with E-state index in [1.807, 2.05) is 27.7 Å². The fourth-order valence-electron chi connectivity index (χ4n) is 1.61. The van der Waals surface area contributed by atoms with Gasteiger partial charge in [-0.05, 0) is 24.8 Å². The van der Waals surface area contributed by atoms with Crippen LogP contribution in [-0.2, 0) is 10.2 Å². The third-order valence-corrected chi connectivity index (χ3v) is 4.54. The molecule has 0 heterocycles. The molecule has 3 N–H and O–H groups in total. The van der Waals surface area contributed by atoms with Crippen LogP contribution in [0.5, 0.6) is 0 Å². The first-order valence-electron chi connectivity index (χ1n) is 6.24. The Kier molecular flexibility index (Phi) is 7.23. The summed E-state index contributed by atoms with van der Waals surface area (Å²) in [4.78, 5) is 0. The van der Waals surface area contributed by atoms with Gasteiger partial charge < -0.3 is 5.73 Å². The van der Waals surface area contributed by atoms with Crippen LogP contribution in [0.15, 0.2) is 0 Å². The van der Waals surface area contributed by atoms with E-state index in [1.54, 1.807) is 0 Å². The van der Waals surface area contributed by atoms with Gasteiger partial charge in [-0.25, -0.2) is 4.72 Å². The van der Waals surface area contributed by atoms with Gasteiger partial charge in [-0.1, -0.05) is 27.7 Å². The summed E-state index contributed by atoms with van der Waals surface area (Å²) >= 11 is 0. The number of hydrogen-bond donors (Lipinski definition) is 2. The van der Waals surface area contributed by atoms with Gasteiger partial charge in [-0.15, -0.1) is 0 Å². The summed E-state index contributed by atoms with van der Waals surface area (Å²) in [7, 11) is -3.33. The monoisotopic (exact) mass is 265 g/mol. The van der Waals surface area contributed by atoms with Crippen molar-refractivity contribution in [1.82, 2.24) is 9.03 Å². The third-order valence-electron chi connectivity index (χ3n) is 2.84. The standard InChI is InChI=1S/C11H27N3O2S/c1-5-14(6-2)17(15,16)13-10-11(3,4)8-7-9-12/h13H,5-10,12H2,1-4H3. The molecule has 0 atom stereocenters. The van der Waals surface area contributed by atoms with Crippen molar-refractivity contribution in [3.05, 3.63) is 0 Å². The van der Waals surface area contributed by atoms with E-state index >= 15 is 0 Å². The molecular formula is C11H27N3O2S. The van der Waals surface area contributed by atoms with Crippen LogP contribution in [-0.4, -0.2) is 38.9 Å². The summed E-state index contributed by atoms with van der Waals surface area (Å²) in [6.07, 6.45) is 1.84. The highest BCUT2D eigenvalue weighted by molar-refractivity contribution is 7.87. The van der Waals surface area contributed by atoms with Crippen LogP contribution in [0.1, 0.15) is 40.5 Å². The highest BCUT2D eigenvalue weighted by Crippen LogP contribution is 2.21. The van der Waals surface area contributed by atoms with E-state index in [9.17, 15) is 8.42 Å². The Bertz CT molecular complexity index is 298. The molecule has 0 aromatic heterocycles. The fourth-order valence-corrected chi connectivity index (χ4v) is 3.05. The minimum Gasteiger partial charge on any atom is -0.330 e. The maximum Gasteiger partial charge on any atom is 0.279 e. The third kappa shape index (κ3) is 6.35. The van der Waals surface area contributed by atoms with E-state index in [2.05, 4.69) is 4.72 Å². The van der Waals surface area contributed by atoms with E-state index in [0.29, 0.717) is 26.2 Å². The van der Waals surface area contributed by atoms with Gasteiger partial charge in [0.15, 0.2) is 0 Å². The molecule has 0 aliphatic rings. The molecule has 104 valence electrons. The van der Waals surface area contributed by atoms with Crippen molar-refractivity contribution in [1.29, 1.82) is 0 Å². The van der Waals surface area contributed by atoms with Crippen molar-refractivity contribution >= 4 is 10.2 Å². The number of nitrogens with zero attached hydrogens (tertiary/aromatic N) is 1. The molecule has 0 saturated carbocycles. The Morgan fingerprint density at radius 3 is 2.18 bits per heavy atom. The molecule has 0 rings (SSSR count). The number of nitrogens with two attached hydrogens (primary N) is 1. The lowest BCUT2D eigenvalue weighted by Crippen LogP contribution is -2.44. The molecule has 0 unspecified atom stereocenters. The average molecular weight is 265 g/mol. The van der Waals surface area contributed by atoms with Gasteiger partial charge in [-0.3, -0.25) is 0 Å². The molecule has 0 amide bonds. The molecule has 0 spiro atoms. The van der Waals surface area contributed by atoms with E-state index in [4.69, 9.17) is 5.73 Å². The predicted molar refractivity (Wildman–Crippen MR) is 71.9 cm³/mol. The van der Waals surface area contributed by atoms with E-state index in [1.165, 1.54) is 4.31 Å². The largest absolute Gasteiger partial charge is 0.330 e. The molecule has 0 radical (unpaired) electrons. The summed E-state index contributed by atoms with van der Waals surface area (Å²) in [5, 5.41) is 0. The molecule has 0 aliphatic carbocycles. The van der Waals surface area contributed by atoms with Gasteiger partial charge in [0.25, 0.3) is 10.2 Å². The number of rotatable bonds is 9. The minimum absolute atomic E-state index is 0.0560. The van der Waals surface area contributed by atoms with Crippen LogP contribution >= 0.6 is 0 Å². The Labute approximate surface area is 106 Å². The van der Waals surface area contributed by atoms with Crippen LogP contribution in [0.25, 0.3) is 0 Å². The number of nitrogens with one attached hydrogen (secondary N) is 1. The summed E-state index contributed by atoms with van der Waals surface area (Å²) < 4.78 is 27.9. The van der Waals surface area contributed by atoms with Gasteiger partial charge in [0.2, 0.25) is 0 Å². The lowest BCUT2D eigenvalue weighted by Gasteiger charge is -2.27. The lowest BCUT2D eigenvalue weighted by atomic mass is 9.88. The molecule has 0 bridgehead atoms. The minimum atomic E-state index is -3.33.